The molecule has 1 aliphatic rings. The predicted molar refractivity (Wildman–Crippen MR) is 71.3 cm³/mol. The lowest BCUT2D eigenvalue weighted by Gasteiger charge is -2.31. The SMILES string of the molecule is COc1ccc2cnccc2c1N1CCOCC1. The van der Waals surface area contributed by atoms with Crippen LogP contribution in [0.2, 0.25) is 0 Å². The first kappa shape index (κ1) is 11.3. The van der Waals surface area contributed by atoms with E-state index < -0.39 is 0 Å². The minimum absolute atomic E-state index is 0.768. The lowest BCUT2D eigenvalue weighted by molar-refractivity contribution is 0.122. The van der Waals surface area contributed by atoms with Crippen molar-refractivity contribution in [1.82, 2.24) is 4.98 Å². The van der Waals surface area contributed by atoms with Gasteiger partial charge in [0.05, 0.1) is 26.0 Å². The molecule has 1 aliphatic heterocycles. The average Bonchev–Trinajstić information content (AvgIpc) is 2.47. The van der Waals surface area contributed by atoms with Crippen molar-refractivity contribution < 1.29 is 9.47 Å². The monoisotopic (exact) mass is 244 g/mol. The maximum atomic E-state index is 5.50. The Balaban J connectivity index is 2.16. The molecule has 0 atom stereocenters. The van der Waals surface area contributed by atoms with Gasteiger partial charge in [-0.1, -0.05) is 0 Å². The van der Waals surface area contributed by atoms with E-state index in [1.54, 1.807) is 7.11 Å². The van der Waals surface area contributed by atoms with E-state index in [1.807, 2.05) is 30.6 Å². The maximum Gasteiger partial charge on any atom is 0.142 e. The summed E-state index contributed by atoms with van der Waals surface area (Å²) in [7, 11) is 1.71. The van der Waals surface area contributed by atoms with E-state index >= 15 is 0 Å². The molecule has 4 nitrogen and oxygen atoms in total. The standard InChI is InChI=1S/C14H16N2O2/c1-17-13-3-2-11-10-15-5-4-12(11)14(13)16-6-8-18-9-7-16/h2-5,10H,6-9H2,1H3. The van der Waals surface area contributed by atoms with Gasteiger partial charge in [0.15, 0.2) is 0 Å². The van der Waals surface area contributed by atoms with Gasteiger partial charge >= 0.3 is 0 Å². The van der Waals surface area contributed by atoms with Crippen molar-refractivity contribution in [2.75, 3.05) is 38.3 Å². The highest BCUT2D eigenvalue weighted by Gasteiger charge is 2.18. The summed E-state index contributed by atoms with van der Waals surface area (Å²) in [6.45, 7) is 3.34. The van der Waals surface area contributed by atoms with Gasteiger partial charge in [0.25, 0.3) is 0 Å². The summed E-state index contributed by atoms with van der Waals surface area (Å²) in [6.07, 6.45) is 3.71. The third kappa shape index (κ3) is 1.88. The summed E-state index contributed by atoms with van der Waals surface area (Å²) in [5.41, 5.74) is 1.15. The minimum Gasteiger partial charge on any atom is -0.495 e. The van der Waals surface area contributed by atoms with E-state index in [2.05, 4.69) is 9.88 Å². The molecule has 0 aliphatic carbocycles. The first-order chi connectivity index (χ1) is 8.90. The largest absolute Gasteiger partial charge is 0.495 e. The Bertz CT molecular complexity index is 550. The van der Waals surface area contributed by atoms with E-state index in [0.717, 1.165) is 43.1 Å². The lowest BCUT2D eigenvalue weighted by atomic mass is 10.1. The van der Waals surface area contributed by atoms with Gasteiger partial charge in [-0.25, -0.2) is 0 Å². The zero-order chi connectivity index (χ0) is 12.4. The molecule has 0 spiro atoms. The number of methoxy groups -OCH3 is 1. The zero-order valence-electron chi connectivity index (χ0n) is 10.4. The van der Waals surface area contributed by atoms with Gasteiger partial charge in [0.2, 0.25) is 0 Å². The van der Waals surface area contributed by atoms with Crippen LogP contribution in [0.4, 0.5) is 5.69 Å². The molecule has 0 unspecified atom stereocenters. The van der Waals surface area contributed by atoms with Gasteiger partial charge in [0, 0.05) is 36.3 Å². The van der Waals surface area contributed by atoms with Gasteiger partial charge < -0.3 is 14.4 Å². The van der Waals surface area contributed by atoms with Crippen molar-refractivity contribution in [2.24, 2.45) is 0 Å². The molecule has 0 amide bonds. The van der Waals surface area contributed by atoms with Crippen LogP contribution in [0.3, 0.4) is 0 Å². The Morgan fingerprint density at radius 3 is 2.83 bits per heavy atom. The molecule has 0 radical (unpaired) electrons. The number of hydrogen-bond acceptors (Lipinski definition) is 4. The van der Waals surface area contributed by atoms with E-state index in [-0.39, 0.29) is 0 Å². The summed E-state index contributed by atoms with van der Waals surface area (Å²) in [5.74, 6) is 0.913. The number of ether oxygens (including phenoxy) is 2. The summed E-state index contributed by atoms with van der Waals surface area (Å²) in [6, 6.07) is 6.10. The van der Waals surface area contributed by atoms with E-state index in [9.17, 15) is 0 Å². The van der Waals surface area contributed by atoms with Crippen LogP contribution < -0.4 is 9.64 Å². The van der Waals surface area contributed by atoms with E-state index in [1.165, 1.54) is 5.39 Å². The van der Waals surface area contributed by atoms with Crippen molar-refractivity contribution in [2.45, 2.75) is 0 Å². The fourth-order valence-corrected chi connectivity index (χ4v) is 2.41. The van der Waals surface area contributed by atoms with Crippen LogP contribution in [0.5, 0.6) is 5.75 Å². The number of rotatable bonds is 2. The van der Waals surface area contributed by atoms with E-state index in [4.69, 9.17) is 9.47 Å². The number of fused-ring (bicyclic) bond motifs is 1. The first-order valence-electron chi connectivity index (χ1n) is 6.13. The second-order valence-electron chi connectivity index (χ2n) is 4.31. The van der Waals surface area contributed by atoms with Crippen LogP contribution >= 0.6 is 0 Å². The molecule has 2 aromatic rings. The minimum atomic E-state index is 0.768. The highest BCUT2D eigenvalue weighted by atomic mass is 16.5. The van der Waals surface area contributed by atoms with Crippen molar-refractivity contribution in [3.63, 3.8) is 0 Å². The number of nitrogens with zero attached hydrogens (tertiary/aromatic N) is 2. The molecular weight excluding hydrogens is 228 g/mol. The highest BCUT2D eigenvalue weighted by Crippen LogP contribution is 2.36. The van der Waals surface area contributed by atoms with Gasteiger partial charge in [-0.15, -0.1) is 0 Å². The Morgan fingerprint density at radius 1 is 1.22 bits per heavy atom. The molecule has 94 valence electrons. The highest BCUT2D eigenvalue weighted by molar-refractivity contribution is 5.97. The summed E-state index contributed by atoms with van der Waals surface area (Å²) >= 11 is 0. The van der Waals surface area contributed by atoms with Gasteiger partial charge in [0.1, 0.15) is 5.75 Å². The second kappa shape index (κ2) is 4.82. The molecule has 1 aromatic heterocycles. The Kier molecular flexibility index (Phi) is 3.02. The molecule has 1 aromatic carbocycles. The molecule has 1 saturated heterocycles. The second-order valence-corrected chi connectivity index (χ2v) is 4.31. The fraction of sp³-hybridized carbons (Fsp3) is 0.357. The number of anilines is 1. The molecule has 2 heterocycles. The van der Waals surface area contributed by atoms with Gasteiger partial charge in [-0.2, -0.15) is 0 Å². The van der Waals surface area contributed by atoms with Crippen LogP contribution in [0.1, 0.15) is 0 Å². The number of pyridine rings is 1. The van der Waals surface area contributed by atoms with Crippen molar-refractivity contribution in [3.8, 4) is 5.75 Å². The summed E-state index contributed by atoms with van der Waals surface area (Å²) < 4.78 is 10.9. The first-order valence-corrected chi connectivity index (χ1v) is 6.13. The Hall–Kier alpha value is -1.81. The summed E-state index contributed by atoms with van der Waals surface area (Å²) in [5, 5.41) is 2.33. The Morgan fingerprint density at radius 2 is 2.06 bits per heavy atom. The van der Waals surface area contributed by atoms with E-state index in [0.29, 0.717) is 0 Å². The van der Waals surface area contributed by atoms with Crippen LogP contribution in [0.25, 0.3) is 10.8 Å². The number of hydrogen-bond donors (Lipinski definition) is 0. The molecule has 0 saturated carbocycles. The van der Waals surface area contributed by atoms with Crippen LogP contribution in [-0.2, 0) is 4.74 Å². The summed E-state index contributed by atoms with van der Waals surface area (Å²) in [4.78, 5) is 6.49. The Labute approximate surface area is 106 Å². The molecule has 0 bridgehead atoms. The smallest absolute Gasteiger partial charge is 0.142 e. The van der Waals surface area contributed by atoms with Crippen molar-refractivity contribution in [1.29, 1.82) is 0 Å². The van der Waals surface area contributed by atoms with Gasteiger partial charge in [-0.3, -0.25) is 4.98 Å². The quantitative estimate of drug-likeness (QED) is 0.810. The number of aromatic nitrogens is 1. The third-order valence-electron chi connectivity index (χ3n) is 3.30. The van der Waals surface area contributed by atoms with Crippen LogP contribution in [0, 0.1) is 0 Å². The molecule has 18 heavy (non-hydrogen) atoms. The third-order valence-corrected chi connectivity index (χ3v) is 3.30. The maximum absolute atomic E-state index is 5.50. The zero-order valence-corrected chi connectivity index (χ0v) is 10.4. The lowest BCUT2D eigenvalue weighted by Crippen LogP contribution is -2.36. The normalized spacial score (nSPS) is 15.9. The fourth-order valence-electron chi connectivity index (χ4n) is 2.41. The predicted octanol–water partition coefficient (Wildman–Crippen LogP) is 2.08. The molecule has 4 heteroatoms. The molecule has 0 N–H and O–H groups in total. The molecular formula is C14H16N2O2. The van der Waals surface area contributed by atoms with Crippen LogP contribution in [-0.4, -0.2) is 38.4 Å². The molecule has 3 rings (SSSR count). The number of benzene rings is 1. The average molecular weight is 244 g/mol. The van der Waals surface area contributed by atoms with Crippen molar-refractivity contribution in [3.05, 3.63) is 30.6 Å². The van der Waals surface area contributed by atoms with Crippen LogP contribution in [0.15, 0.2) is 30.6 Å². The molecule has 1 fully saturated rings. The number of morpholine rings is 1. The van der Waals surface area contributed by atoms with Crippen molar-refractivity contribution >= 4 is 16.5 Å². The topological polar surface area (TPSA) is 34.6 Å². The van der Waals surface area contributed by atoms with Gasteiger partial charge in [-0.05, 0) is 18.2 Å².